The Balaban J connectivity index is 1.41. The summed E-state index contributed by atoms with van der Waals surface area (Å²) in [5.41, 5.74) is 4.45. The van der Waals surface area contributed by atoms with Crippen molar-refractivity contribution < 1.29 is 29.3 Å². The summed E-state index contributed by atoms with van der Waals surface area (Å²) >= 11 is 3.65. The summed E-state index contributed by atoms with van der Waals surface area (Å²) < 4.78 is 20.7. The van der Waals surface area contributed by atoms with E-state index in [1.54, 1.807) is 18.9 Å². The van der Waals surface area contributed by atoms with Gasteiger partial charge in [-0.1, -0.05) is 48.3 Å². The quantitative estimate of drug-likeness (QED) is 0.0479. The Hall–Kier alpha value is -3.28. The van der Waals surface area contributed by atoms with Crippen LogP contribution in [-0.4, -0.2) is 77.0 Å². The van der Waals surface area contributed by atoms with Crippen molar-refractivity contribution in [2.24, 2.45) is 22.9 Å². The second-order valence-electron chi connectivity index (χ2n) is 13.9. The fourth-order valence-corrected chi connectivity index (χ4v) is 10.5. The van der Waals surface area contributed by atoms with Crippen molar-refractivity contribution in [2.75, 3.05) is 45.0 Å². The lowest BCUT2D eigenvalue weighted by Gasteiger charge is -2.58. The van der Waals surface area contributed by atoms with Gasteiger partial charge in [0.1, 0.15) is 18.6 Å². The molecule has 0 amide bonds. The van der Waals surface area contributed by atoms with Gasteiger partial charge in [-0.15, -0.1) is 18.3 Å². The zero-order valence-corrected chi connectivity index (χ0v) is 32.4. The normalized spacial score (nSPS) is 25.2. The Labute approximate surface area is 323 Å². The van der Waals surface area contributed by atoms with Crippen molar-refractivity contribution in [1.82, 2.24) is 4.98 Å². The van der Waals surface area contributed by atoms with Crippen LogP contribution in [0.2, 0.25) is 0 Å². The molecule has 2 aliphatic carbocycles. The van der Waals surface area contributed by atoms with E-state index in [4.69, 9.17) is 24.2 Å². The topological polar surface area (TPSA) is 103 Å². The summed E-state index contributed by atoms with van der Waals surface area (Å²) in [6.45, 7) is 5.31. The number of unbranched alkanes of at least 4 members (excludes halogenated alkanes) is 2. The van der Waals surface area contributed by atoms with Gasteiger partial charge in [0.25, 0.3) is 0 Å². The lowest BCUT2D eigenvalue weighted by atomic mass is 9.56. The summed E-state index contributed by atoms with van der Waals surface area (Å²) in [4.78, 5) is 11.0. The summed E-state index contributed by atoms with van der Waals surface area (Å²) in [7, 11) is 1.62. The molecule has 3 aliphatic rings. The van der Waals surface area contributed by atoms with Gasteiger partial charge in [-0.2, -0.15) is 11.8 Å². The number of rotatable bonds is 21. The van der Waals surface area contributed by atoms with E-state index in [-0.39, 0.29) is 42.1 Å². The van der Waals surface area contributed by atoms with E-state index >= 15 is 0 Å². The lowest BCUT2D eigenvalue weighted by molar-refractivity contribution is -0.223. The zero-order chi connectivity index (χ0) is 36.9. The molecule has 6 rings (SSSR count). The molecule has 1 saturated carbocycles. The molecule has 1 fully saturated rings. The fraction of sp³-hybridized carbons (Fsp3) is 0.488. The van der Waals surface area contributed by atoms with Gasteiger partial charge in [0.15, 0.2) is 0 Å². The van der Waals surface area contributed by atoms with E-state index in [1.807, 2.05) is 42.4 Å². The van der Waals surface area contributed by atoms with Crippen molar-refractivity contribution in [2.45, 2.75) is 73.2 Å². The largest absolute Gasteiger partial charge is 0.493 e. The molecule has 1 aliphatic heterocycles. The van der Waals surface area contributed by atoms with E-state index in [0.29, 0.717) is 19.6 Å². The number of oxime groups is 1. The maximum Gasteiger partial charge on any atom is 0.230 e. The van der Waals surface area contributed by atoms with Crippen molar-refractivity contribution in [1.29, 1.82) is 0 Å². The van der Waals surface area contributed by atoms with Crippen LogP contribution in [0.15, 0.2) is 107 Å². The monoisotopic (exact) mass is 758 g/mol. The molecular weight excluding hydrogens is 705 g/mol. The molecule has 10 heteroatoms. The maximum absolute atomic E-state index is 9.86. The predicted octanol–water partition coefficient (Wildman–Crippen LogP) is 8.49. The first kappa shape index (κ1) is 39.4. The molecule has 6 unspecified atom stereocenters. The van der Waals surface area contributed by atoms with Gasteiger partial charge in [0.2, 0.25) is 5.79 Å². The van der Waals surface area contributed by atoms with Crippen LogP contribution in [0, 0.1) is 17.8 Å². The molecule has 0 spiro atoms. The molecule has 0 saturated heterocycles. The predicted molar refractivity (Wildman–Crippen MR) is 215 cm³/mol. The number of fused-ring (bicyclic) bond motifs is 2. The fourth-order valence-electron chi connectivity index (χ4n) is 8.38. The number of aliphatic hydroxyl groups excluding tert-OH is 2. The van der Waals surface area contributed by atoms with Crippen molar-refractivity contribution >= 4 is 29.2 Å². The van der Waals surface area contributed by atoms with Crippen molar-refractivity contribution in [3.63, 3.8) is 0 Å². The minimum atomic E-state index is -0.979. The highest BCUT2D eigenvalue weighted by molar-refractivity contribution is 8.00. The van der Waals surface area contributed by atoms with E-state index in [0.717, 1.165) is 84.8 Å². The maximum atomic E-state index is 9.86. The Morgan fingerprint density at radius 1 is 1.00 bits per heavy atom. The molecule has 6 atom stereocenters. The van der Waals surface area contributed by atoms with Gasteiger partial charge in [-0.3, -0.25) is 4.98 Å². The van der Waals surface area contributed by atoms with E-state index in [1.165, 1.54) is 10.5 Å². The third-order valence-electron chi connectivity index (χ3n) is 10.6. The van der Waals surface area contributed by atoms with Gasteiger partial charge in [0, 0.05) is 54.2 Å². The summed E-state index contributed by atoms with van der Waals surface area (Å²) in [5, 5.41) is 24.2. The average molecular weight is 759 g/mol. The standard InChI is InChI=1S/C43H54N2O6S2/c1-3-24-50-43-40(53-26-19-31-17-20-44-21-18-31)30-38(45-48-2)36-28-32(11-7-9-22-46)35(14-8-10-23-47)41(42(36)43)37-29-33(15-16-39(37)51-43)49-25-27-52-34-12-5-4-6-13-34/h3-6,12-13,15-18,20-21,28-29,32,35,40-42,46-47H,1,7-11,14,19,22-27,30H2,2H3. The van der Waals surface area contributed by atoms with Crippen molar-refractivity contribution in [3.8, 4) is 11.5 Å². The van der Waals surface area contributed by atoms with Crippen LogP contribution in [0.5, 0.6) is 11.5 Å². The van der Waals surface area contributed by atoms with Gasteiger partial charge < -0.3 is 29.3 Å². The van der Waals surface area contributed by atoms with Gasteiger partial charge >= 0.3 is 0 Å². The highest BCUT2D eigenvalue weighted by Gasteiger charge is 2.63. The van der Waals surface area contributed by atoms with Crippen LogP contribution in [0.25, 0.3) is 0 Å². The second-order valence-corrected chi connectivity index (χ2v) is 16.4. The minimum absolute atomic E-state index is 0.0364. The SMILES string of the molecule is C=CCOC12Oc3ccc(OCCSc4ccccc4)cc3C3C(CCCCO)C(CCCCO)C=C(C(=NOC)CC1SCCc1ccncc1)C32. The molecule has 284 valence electrons. The molecule has 8 nitrogen and oxygen atoms in total. The summed E-state index contributed by atoms with van der Waals surface area (Å²) in [6, 6.07) is 20.8. The van der Waals surface area contributed by atoms with E-state index < -0.39 is 5.79 Å². The van der Waals surface area contributed by atoms with Crippen LogP contribution in [-0.2, 0) is 16.0 Å². The number of thioether (sulfide) groups is 2. The molecule has 0 bridgehead atoms. The van der Waals surface area contributed by atoms with Gasteiger partial charge in [-0.25, -0.2) is 0 Å². The van der Waals surface area contributed by atoms with Gasteiger partial charge in [-0.05, 0) is 103 Å². The lowest BCUT2D eigenvalue weighted by Crippen LogP contribution is -2.64. The zero-order valence-electron chi connectivity index (χ0n) is 30.8. The number of allylic oxidation sites excluding steroid dienone is 1. The van der Waals surface area contributed by atoms with Crippen LogP contribution in [0.3, 0.4) is 0 Å². The number of benzene rings is 2. The number of ether oxygens (including phenoxy) is 3. The Morgan fingerprint density at radius 2 is 1.79 bits per heavy atom. The van der Waals surface area contributed by atoms with Crippen LogP contribution >= 0.6 is 23.5 Å². The molecule has 2 heterocycles. The van der Waals surface area contributed by atoms with Crippen LogP contribution in [0.4, 0.5) is 0 Å². The first-order valence-corrected chi connectivity index (χ1v) is 21.1. The average Bonchev–Trinajstić information content (AvgIpc) is 3.19. The molecule has 2 aromatic carbocycles. The Bertz CT molecular complexity index is 1660. The van der Waals surface area contributed by atoms with Crippen LogP contribution < -0.4 is 9.47 Å². The first-order valence-electron chi connectivity index (χ1n) is 19.0. The number of nitrogens with zero attached hydrogens (tertiary/aromatic N) is 2. The molecule has 0 radical (unpaired) electrons. The number of hydrogen-bond donors (Lipinski definition) is 2. The number of aryl methyl sites for hydroxylation is 1. The summed E-state index contributed by atoms with van der Waals surface area (Å²) in [6.07, 6.45) is 14.7. The molecule has 1 aromatic heterocycles. The number of aromatic nitrogens is 1. The second kappa shape index (κ2) is 19.9. The molecule has 53 heavy (non-hydrogen) atoms. The van der Waals surface area contributed by atoms with Crippen LogP contribution in [0.1, 0.15) is 62.0 Å². The smallest absolute Gasteiger partial charge is 0.230 e. The third-order valence-corrected chi connectivity index (χ3v) is 13.0. The Morgan fingerprint density at radius 3 is 2.55 bits per heavy atom. The number of pyridine rings is 1. The molecular formula is C43H54N2O6S2. The van der Waals surface area contributed by atoms with E-state index in [2.05, 4.69) is 66.2 Å². The highest BCUT2D eigenvalue weighted by Crippen LogP contribution is 2.62. The summed E-state index contributed by atoms with van der Waals surface area (Å²) in [5.74, 6) is 2.75. The highest BCUT2D eigenvalue weighted by atomic mass is 32.2. The van der Waals surface area contributed by atoms with E-state index in [9.17, 15) is 10.2 Å². The molecule has 3 aromatic rings. The number of aliphatic hydroxyl groups is 2. The first-order chi connectivity index (χ1) is 26.1. The number of hydrogen-bond acceptors (Lipinski definition) is 10. The minimum Gasteiger partial charge on any atom is -0.493 e. The van der Waals surface area contributed by atoms with Gasteiger partial charge in [0.05, 0.1) is 30.1 Å². The molecule has 2 N–H and O–H groups in total. The Kier molecular flexibility index (Phi) is 14.8. The third kappa shape index (κ3) is 9.51. The van der Waals surface area contributed by atoms with Crippen molar-refractivity contribution in [3.05, 3.63) is 108 Å².